The molecule has 142 valence electrons. The molecule has 8 nitrogen and oxygen atoms in total. The van der Waals surface area contributed by atoms with Gasteiger partial charge in [-0.2, -0.15) is 5.10 Å². The Labute approximate surface area is 159 Å². The van der Waals surface area contributed by atoms with Crippen molar-refractivity contribution in [3.8, 4) is 22.4 Å². The second-order valence-corrected chi connectivity index (χ2v) is 6.43. The third kappa shape index (κ3) is 2.86. The molecule has 0 spiro atoms. The van der Waals surface area contributed by atoms with Crippen molar-refractivity contribution in [1.29, 1.82) is 0 Å². The van der Waals surface area contributed by atoms with E-state index in [0.717, 1.165) is 11.1 Å². The monoisotopic (exact) mass is 379 g/mol. The summed E-state index contributed by atoms with van der Waals surface area (Å²) < 4.78 is 15.0. The van der Waals surface area contributed by atoms with Gasteiger partial charge in [-0.05, 0) is 42.8 Å². The van der Waals surface area contributed by atoms with Crippen LogP contribution in [0.4, 0.5) is 10.2 Å². The number of amides is 1. The number of nitrogens with one attached hydrogen (secondary N) is 1. The third-order valence-electron chi connectivity index (χ3n) is 4.71. The summed E-state index contributed by atoms with van der Waals surface area (Å²) in [7, 11) is 0. The van der Waals surface area contributed by atoms with Crippen molar-refractivity contribution >= 4 is 17.4 Å². The van der Waals surface area contributed by atoms with Crippen LogP contribution in [0, 0.1) is 5.82 Å². The highest BCUT2D eigenvalue weighted by Gasteiger charge is 2.23. The number of anilines is 1. The molecular formula is C19H18FN7O. The van der Waals surface area contributed by atoms with Crippen molar-refractivity contribution in [2.24, 2.45) is 5.73 Å². The van der Waals surface area contributed by atoms with E-state index in [1.165, 1.54) is 12.1 Å². The molecule has 1 atom stereocenters. The average Bonchev–Trinajstić information content (AvgIpc) is 3.26. The van der Waals surface area contributed by atoms with Gasteiger partial charge in [0.1, 0.15) is 11.6 Å². The molecule has 0 aliphatic rings. The molecule has 1 unspecified atom stereocenters. The summed E-state index contributed by atoms with van der Waals surface area (Å²) in [5.74, 6) is -0.571. The normalized spacial score (nSPS) is 12.4. The van der Waals surface area contributed by atoms with Crippen molar-refractivity contribution in [3.05, 3.63) is 54.2 Å². The fourth-order valence-corrected chi connectivity index (χ4v) is 3.28. The van der Waals surface area contributed by atoms with E-state index in [0.29, 0.717) is 35.0 Å². The Bertz CT molecular complexity index is 1160. The van der Waals surface area contributed by atoms with Gasteiger partial charge in [-0.25, -0.2) is 4.39 Å². The van der Waals surface area contributed by atoms with Gasteiger partial charge in [-0.3, -0.25) is 14.3 Å². The number of rotatable bonds is 5. The van der Waals surface area contributed by atoms with Gasteiger partial charge >= 0.3 is 0 Å². The molecule has 0 aliphatic carbocycles. The molecular weight excluding hydrogens is 361 g/mol. The lowest BCUT2D eigenvalue weighted by atomic mass is 10.0. The zero-order chi connectivity index (χ0) is 19.8. The topological polar surface area (TPSA) is 128 Å². The lowest BCUT2D eigenvalue weighted by Gasteiger charge is -2.10. The molecule has 1 aromatic carbocycles. The summed E-state index contributed by atoms with van der Waals surface area (Å²) in [6, 6.07) is 9.66. The van der Waals surface area contributed by atoms with Gasteiger partial charge in [0.15, 0.2) is 11.5 Å². The first-order valence-electron chi connectivity index (χ1n) is 8.73. The quantitative estimate of drug-likeness (QED) is 0.491. The second kappa shape index (κ2) is 6.76. The van der Waals surface area contributed by atoms with Crippen molar-refractivity contribution in [3.63, 3.8) is 0 Å². The molecule has 0 fully saturated rings. The number of nitrogens with zero attached hydrogens (tertiary/aromatic N) is 4. The number of nitrogens with two attached hydrogens (primary N) is 2. The number of benzene rings is 1. The lowest BCUT2D eigenvalue weighted by Crippen LogP contribution is -2.22. The minimum absolute atomic E-state index is 0.301. The smallest absolute Gasteiger partial charge is 0.228 e. The van der Waals surface area contributed by atoms with Crippen molar-refractivity contribution in [1.82, 2.24) is 24.8 Å². The van der Waals surface area contributed by atoms with E-state index in [9.17, 15) is 9.18 Å². The van der Waals surface area contributed by atoms with Crippen LogP contribution >= 0.6 is 0 Å². The zero-order valence-electron chi connectivity index (χ0n) is 15.1. The van der Waals surface area contributed by atoms with Crippen LogP contribution in [-0.2, 0) is 4.79 Å². The molecule has 1 amide bonds. The van der Waals surface area contributed by atoms with E-state index < -0.39 is 11.8 Å². The SMILES string of the molecule is CCC(C(N)=O)c1nnc2ccc(-c3c(N)n[nH]c3-c3ccc(F)cc3)cn12. The van der Waals surface area contributed by atoms with Crippen molar-refractivity contribution < 1.29 is 9.18 Å². The molecule has 0 aliphatic heterocycles. The number of fused-ring (bicyclic) bond motifs is 1. The lowest BCUT2D eigenvalue weighted by molar-refractivity contribution is -0.119. The van der Waals surface area contributed by atoms with E-state index >= 15 is 0 Å². The molecule has 5 N–H and O–H groups in total. The summed E-state index contributed by atoms with van der Waals surface area (Å²) >= 11 is 0. The molecule has 4 aromatic rings. The molecule has 0 saturated carbocycles. The number of primary amides is 1. The molecule has 0 radical (unpaired) electrons. The Morgan fingerprint density at radius 1 is 1.18 bits per heavy atom. The first-order chi connectivity index (χ1) is 13.5. The highest BCUT2D eigenvalue weighted by atomic mass is 19.1. The van der Waals surface area contributed by atoms with Gasteiger partial charge in [0.2, 0.25) is 5.91 Å². The van der Waals surface area contributed by atoms with Crippen LogP contribution in [0.15, 0.2) is 42.6 Å². The minimum Gasteiger partial charge on any atom is -0.382 e. The van der Waals surface area contributed by atoms with Gasteiger partial charge in [0.25, 0.3) is 0 Å². The molecule has 0 saturated heterocycles. The maximum Gasteiger partial charge on any atom is 0.228 e. The van der Waals surface area contributed by atoms with Gasteiger partial charge in [0, 0.05) is 17.3 Å². The molecule has 4 rings (SSSR count). The highest BCUT2D eigenvalue weighted by molar-refractivity contribution is 5.88. The van der Waals surface area contributed by atoms with E-state index in [1.807, 2.05) is 13.0 Å². The second-order valence-electron chi connectivity index (χ2n) is 6.43. The van der Waals surface area contributed by atoms with Crippen LogP contribution in [0.3, 0.4) is 0 Å². The summed E-state index contributed by atoms with van der Waals surface area (Å²) in [5.41, 5.74) is 15.0. The van der Waals surface area contributed by atoms with E-state index in [-0.39, 0.29) is 5.82 Å². The molecule has 0 bridgehead atoms. The maximum atomic E-state index is 13.3. The molecule has 3 heterocycles. The number of aromatic amines is 1. The number of nitrogen functional groups attached to an aromatic ring is 1. The van der Waals surface area contributed by atoms with Gasteiger partial charge < -0.3 is 11.5 Å². The van der Waals surface area contributed by atoms with Crippen LogP contribution in [0.1, 0.15) is 25.1 Å². The van der Waals surface area contributed by atoms with Crippen LogP contribution in [0.2, 0.25) is 0 Å². The van der Waals surface area contributed by atoms with E-state index in [1.54, 1.807) is 28.8 Å². The Hall–Kier alpha value is -3.75. The van der Waals surface area contributed by atoms with Crippen LogP contribution in [0.5, 0.6) is 0 Å². The number of aromatic nitrogens is 5. The number of halogens is 1. The van der Waals surface area contributed by atoms with Gasteiger partial charge in [0.05, 0.1) is 17.2 Å². The fourth-order valence-electron chi connectivity index (χ4n) is 3.28. The van der Waals surface area contributed by atoms with Crippen LogP contribution in [-0.4, -0.2) is 30.7 Å². The highest BCUT2D eigenvalue weighted by Crippen LogP contribution is 2.35. The van der Waals surface area contributed by atoms with E-state index in [2.05, 4.69) is 20.4 Å². The molecule has 28 heavy (non-hydrogen) atoms. The third-order valence-corrected chi connectivity index (χ3v) is 4.71. The number of hydrogen-bond acceptors (Lipinski definition) is 5. The summed E-state index contributed by atoms with van der Waals surface area (Å²) in [6.45, 7) is 1.86. The number of hydrogen-bond donors (Lipinski definition) is 3. The fraction of sp³-hybridized carbons (Fsp3) is 0.158. The predicted molar refractivity (Wildman–Crippen MR) is 103 cm³/mol. The van der Waals surface area contributed by atoms with E-state index in [4.69, 9.17) is 11.5 Å². The first kappa shape index (κ1) is 17.7. The number of carbonyl (C=O) groups is 1. The summed E-state index contributed by atoms with van der Waals surface area (Å²) in [4.78, 5) is 11.8. The number of carbonyl (C=O) groups excluding carboxylic acids is 1. The predicted octanol–water partition coefficient (Wildman–Crippen LogP) is 2.49. The molecule has 3 aromatic heterocycles. The minimum atomic E-state index is -0.552. The largest absolute Gasteiger partial charge is 0.382 e. The Kier molecular flexibility index (Phi) is 4.26. The van der Waals surface area contributed by atoms with Gasteiger partial charge in [-0.1, -0.05) is 6.92 Å². The van der Waals surface area contributed by atoms with Crippen molar-refractivity contribution in [2.45, 2.75) is 19.3 Å². The average molecular weight is 379 g/mol. The Balaban J connectivity index is 1.88. The Morgan fingerprint density at radius 2 is 1.89 bits per heavy atom. The van der Waals surface area contributed by atoms with Gasteiger partial charge in [-0.15, -0.1) is 10.2 Å². The maximum absolute atomic E-state index is 13.3. The van der Waals surface area contributed by atoms with Crippen molar-refractivity contribution in [2.75, 3.05) is 5.73 Å². The number of pyridine rings is 1. The first-order valence-corrected chi connectivity index (χ1v) is 8.73. The van der Waals surface area contributed by atoms with Crippen LogP contribution < -0.4 is 11.5 Å². The molecule has 9 heteroatoms. The Morgan fingerprint density at radius 3 is 2.57 bits per heavy atom. The summed E-state index contributed by atoms with van der Waals surface area (Å²) in [5, 5.41) is 15.3. The zero-order valence-corrected chi connectivity index (χ0v) is 15.1. The standard InChI is InChI=1S/C19H18FN7O/c1-2-13(18(22)28)19-26-23-14-8-5-11(9-27(14)19)15-16(24-25-17(15)21)10-3-6-12(20)7-4-10/h3-9,13H,2H2,1H3,(H2,22,28)(H3,21,24,25). The summed E-state index contributed by atoms with van der Waals surface area (Å²) in [6.07, 6.45) is 2.31. The van der Waals surface area contributed by atoms with Crippen LogP contribution in [0.25, 0.3) is 28.0 Å². The number of H-pyrrole nitrogens is 1.